The van der Waals surface area contributed by atoms with Crippen LogP contribution in [0.2, 0.25) is 5.02 Å². The third-order valence-electron chi connectivity index (χ3n) is 9.03. The smallest absolute Gasteiger partial charge is 0.312 e. The lowest BCUT2D eigenvalue weighted by atomic mass is 9.63. The van der Waals surface area contributed by atoms with Gasteiger partial charge in [0.05, 0.1) is 12.0 Å². The summed E-state index contributed by atoms with van der Waals surface area (Å²) in [5.74, 6) is 0.753. The van der Waals surface area contributed by atoms with E-state index in [2.05, 4.69) is 35.8 Å². The van der Waals surface area contributed by atoms with Crippen molar-refractivity contribution in [1.82, 2.24) is 9.80 Å². The lowest BCUT2D eigenvalue weighted by Crippen LogP contribution is -2.54. The number of hydrogen-bond acceptors (Lipinski definition) is 4. The Labute approximate surface area is 216 Å². The normalized spacial score (nSPS) is 26.0. The first-order valence-corrected chi connectivity index (χ1v) is 14.2. The van der Waals surface area contributed by atoms with E-state index in [9.17, 15) is 9.59 Å². The molecule has 0 aromatic heterocycles. The molecule has 5 nitrogen and oxygen atoms in total. The van der Waals surface area contributed by atoms with Crippen molar-refractivity contribution >= 4 is 23.5 Å². The molecule has 0 N–H and O–H groups in total. The molecule has 2 saturated heterocycles. The molecule has 35 heavy (non-hydrogen) atoms. The molecule has 3 aliphatic rings. The van der Waals surface area contributed by atoms with E-state index in [1.165, 1.54) is 24.8 Å². The van der Waals surface area contributed by atoms with E-state index in [0.717, 1.165) is 50.2 Å². The summed E-state index contributed by atoms with van der Waals surface area (Å²) < 4.78 is 5.61. The average Bonchev–Trinajstić information content (AvgIpc) is 2.89. The average molecular weight is 503 g/mol. The van der Waals surface area contributed by atoms with Crippen molar-refractivity contribution in [3.8, 4) is 0 Å². The Kier molecular flexibility index (Phi) is 8.80. The van der Waals surface area contributed by atoms with Crippen LogP contribution < -0.4 is 0 Å². The summed E-state index contributed by atoms with van der Waals surface area (Å²) in [5.41, 5.74) is 0.780. The summed E-state index contributed by atoms with van der Waals surface area (Å²) in [6, 6.07) is 8.50. The molecule has 2 aliphatic heterocycles. The van der Waals surface area contributed by atoms with Crippen molar-refractivity contribution in [2.45, 2.75) is 84.1 Å². The molecule has 0 spiro atoms. The standard InChI is InChI=1S/C29H43ClN2O3/c1-4-35-28(34)29(23-8-6-5-7-9-23)15-18-31(19-16-29)27(33)25-14-17-32(21(2)3)20-26(25)22-10-12-24(30)13-11-22/h10-13,21,23,25-26H,4-9,14-20H2,1-3H3/t25-,26+/m0/s1. The van der Waals surface area contributed by atoms with E-state index in [1.54, 1.807) is 0 Å². The van der Waals surface area contributed by atoms with E-state index >= 15 is 0 Å². The Morgan fingerprint density at radius 1 is 1.03 bits per heavy atom. The Hall–Kier alpha value is -1.59. The maximum absolute atomic E-state index is 13.9. The Balaban J connectivity index is 1.50. The third-order valence-corrected chi connectivity index (χ3v) is 9.28. The van der Waals surface area contributed by atoms with Crippen molar-refractivity contribution in [3.63, 3.8) is 0 Å². The second-order valence-corrected chi connectivity index (χ2v) is 11.6. The molecule has 0 bridgehead atoms. The van der Waals surface area contributed by atoms with Crippen LogP contribution in [-0.4, -0.2) is 60.5 Å². The van der Waals surface area contributed by atoms with E-state index in [0.29, 0.717) is 31.7 Å². The van der Waals surface area contributed by atoms with Crippen LogP contribution in [0, 0.1) is 17.3 Å². The zero-order valence-electron chi connectivity index (χ0n) is 21.8. The number of benzene rings is 1. The van der Waals surface area contributed by atoms with E-state index in [4.69, 9.17) is 16.3 Å². The van der Waals surface area contributed by atoms with E-state index < -0.39 is 5.41 Å². The first-order valence-electron chi connectivity index (χ1n) is 13.8. The number of hydrogen-bond donors (Lipinski definition) is 0. The minimum atomic E-state index is -0.413. The number of esters is 1. The molecule has 1 aliphatic carbocycles. The molecule has 1 aromatic rings. The van der Waals surface area contributed by atoms with Gasteiger partial charge in [-0.15, -0.1) is 0 Å². The highest BCUT2D eigenvalue weighted by molar-refractivity contribution is 6.30. The number of rotatable bonds is 6. The molecule has 2 heterocycles. The minimum Gasteiger partial charge on any atom is -0.466 e. The van der Waals surface area contributed by atoms with Gasteiger partial charge in [-0.25, -0.2) is 0 Å². The molecular weight excluding hydrogens is 460 g/mol. The number of carbonyl (C=O) groups is 2. The van der Waals surface area contributed by atoms with Crippen LogP contribution in [-0.2, 0) is 14.3 Å². The zero-order valence-corrected chi connectivity index (χ0v) is 22.6. The van der Waals surface area contributed by atoms with Crippen LogP contribution in [0.15, 0.2) is 24.3 Å². The first-order chi connectivity index (χ1) is 16.9. The fourth-order valence-corrected chi connectivity index (χ4v) is 6.99. The molecule has 0 radical (unpaired) electrons. The zero-order chi connectivity index (χ0) is 25.0. The van der Waals surface area contributed by atoms with Crippen LogP contribution in [0.3, 0.4) is 0 Å². The number of carbonyl (C=O) groups excluding carboxylic acids is 2. The highest BCUT2D eigenvalue weighted by Gasteiger charge is 2.50. The Morgan fingerprint density at radius 2 is 1.69 bits per heavy atom. The molecule has 2 atom stereocenters. The minimum absolute atomic E-state index is 0.0247. The van der Waals surface area contributed by atoms with Crippen LogP contribution in [0.5, 0.6) is 0 Å². The van der Waals surface area contributed by atoms with Crippen molar-refractivity contribution < 1.29 is 14.3 Å². The fraction of sp³-hybridized carbons (Fsp3) is 0.724. The highest BCUT2D eigenvalue weighted by atomic mass is 35.5. The molecule has 6 heteroatoms. The van der Waals surface area contributed by atoms with Crippen molar-refractivity contribution in [2.75, 3.05) is 32.8 Å². The monoisotopic (exact) mass is 502 g/mol. The summed E-state index contributed by atoms with van der Waals surface area (Å²) in [6.07, 6.45) is 8.22. The van der Waals surface area contributed by atoms with Crippen LogP contribution in [0.1, 0.15) is 83.6 Å². The molecule has 1 amide bonds. The summed E-state index contributed by atoms with van der Waals surface area (Å²) in [6.45, 7) is 9.92. The summed E-state index contributed by atoms with van der Waals surface area (Å²) in [7, 11) is 0. The van der Waals surface area contributed by atoms with Gasteiger partial charge in [-0.05, 0) is 83.0 Å². The fourth-order valence-electron chi connectivity index (χ4n) is 6.86. The number of ether oxygens (including phenoxy) is 1. The topological polar surface area (TPSA) is 49.9 Å². The van der Waals surface area contributed by atoms with E-state index in [1.807, 2.05) is 19.1 Å². The number of nitrogens with zero attached hydrogens (tertiary/aromatic N) is 2. The molecular formula is C29H43ClN2O3. The molecule has 0 unspecified atom stereocenters. The lowest BCUT2D eigenvalue weighted by molar-refractivity contribution is -0.167. The van der Waals surface area contributed by atoms with Crippen LogP contribution >= 0.6 is 11.6 Å². The van der Waals surface area contributed by atoms with Gasteiger partial charge in [0.1, 0.15) is 0 Å². The van der Waals surface area contributed by atoms with Gasteiger partial charge < -0.3 is 14.5 Å². The molecule has 1 aromatic carbocycles. The van der Waals surface area contributed by atoms with Gasteiger partial charge in [0.25, 0.3) is 0 Å². The van der Waals surface area contributed by atoms with Crippen molar-refractivity contribution in [3.05, 3.63) is 34.9 Å². The summed E-state index contributed by atoms with van der Waals surface area (Å²) >= 11 is 6.17. The maximum Gasteiger partial charge on any atom is 0.312 e. The number of halogens is 1. The lowest BCUT2D eigenvalue weighted by Gasteiger charge is -2.47. The Morgan fingerprint density at radius 3 is 2.29 bits per heavy atom. The Bertz CT molecular complexity index is 857. The van der Waals surface area contributed by atoms with Gasteiger partial charge >= 0.3 is 5.97 Å². The molecule has 194 valence electrons. The second-order valence-electron chi connectivity index (χ2n) is 11.2. The first kappa shape index (κ1) is 26.5. The largest absolute Gasteiger partial charge is 0.466 e. The van der Waals surface area contributed by atoms with Crippen LogP contribution in [0.25, 0.3) is 0 Å². The number of piperidine rings is 2. The van der Waals surface area contributed by atoms with Gasteiger partial charge in [-0.1, -0.05) is 43.0 Å². The van der Waals surface area contributed by atoms with Crippen molar-refractivity contribution in [2.24, 2.45) is 17.3 Å². The van der Waals surface area contributed by atoms with Gasteiger partial charge in [0.2, 0.25) is 5.91 Å². The van der Waals surface area contributed by atoms with Crippen LogP contribution in [0.4, 0.5) is 0 Å². The number of amides is 1. The van der Waals surface area contributed by atoms with Gasteiger partial charge in [-0.3, -0.25) is 9.59 Å². The summed E-state index contributed by atoms with van der Waals surface area (Å²) in [4.78, 5) is 31.7. The molecule has 4 rings (SSSR count). The quantitative estimate of drug-likeness (QED) is 0.454. The third kappa shape index (κ3) is 5.72. The summed E-state index contributed by atoms with van der Waals surface area (Å²) in [5, 5.41) is 0.724. The second kappa shape index (κ2) is 11.6. The van der Waals surface area contributed by atoms with E-state index in [-0.39, 0.29) is 23.7 Å². The molecule has 1 saturated carbocycles. The number of likely N-dealkylation sites (tertiary alicyclic amines) is 2. The predicted octanol–water partition coefficient (Wildman–Crippen LogP) is 5.91. The van der Waals surface area contributed by atoms with Gasteiger partial charge in [0, 0.05) is 42.5 Å². The van der Waals surface area contributed by atoms with Gasteiger partial charge in [-0.2, -0.15) is 0 Å². The molecule has 3 fully saturated rings. The predicted molar refractivity (Wildman–Crippen MR) is 140 cm³/mol. The maximum atomic E-state index is 13.9. The van der Waals surface area contributed by atoms with Gasteiger partial charge in [0.15, 0.2) is 0 Å². The highest BCUT2D eigenvalue weighted by Crippen LogP contribution is 2.47. The SMILES string of the molecule is CCOC(=O)C1(C2CCCCC2)CCN(C(=O)[C@H]2CCN(C(C)C)C[C@@H]2c2ccc(Cl)cc2)CC1. The van der Waals surface area contributed by atoms with Crippen molar-refractivity contribution in [1.29, 1.82) is 0 Å².